The molecule has 0 saturated carbocycles. The average Bonchev–Trinajstić information content (AvgIpc) is 2.35. The molecule has 0 fully saturated rings. The van der Waals surface area contributed by atoms with E-state index in [2.05, 4.69) is 0 Å². The van der Waals surface area contributed by atoms with Crippen molar-refractivity contribution in [1.82, 2.24) is 0 Å². The van der Waals surface area contributed by atoms with Crippen molar-refractivity contribution in [3.63, 3.8) is 0 Å². The Balaban J connectivity index is 2.96. The molecule has 0 aromatic heterocycles. The van der Waals surface area contributed by atoms with E-state index < -0.39 is 17.7 Å². The molecule has 102 valence electrons. The molecule has 1 N–H and O–H groups in total. The normalized spacial score (nSPS) is 14.6. The Hall–Kier alpha value is -1.17. The minimum atomic E-state index is -1.38. The van der Waals surface area contributed by atoms with Crippen LogP contribution in [0.3, 0.4) is 0 Å². The quantitative estimate of drug-likeness (QED) is 0.793. The molecule has 0 radical (unpaired) electrons. The monoisotopic (exact) mass is 258 g/mol. The van der Waals surface area contributed by atoms with Crippen molar-refractivity contribution in [2.24, 2.45) is 0 Å². The van der Waals surface area contributed by atoms with Crippen molar-refractivity contribution < 1.29 is 23.7 Å². The first-order chi connectivity index (χ1) is 8.44. The zero-order valence-corrected chi connectivity index (χ0v) is 11.1. The second kappa shape index (κ2) is 6.13. The third-order valence-corrected chi connectivity index (χ3v) is 2.85. The van der Waals surface area contributed by atoms with Crippen LogP contribution in [0.2, 0.25) is 0 Å². The van der Waals surface area contributed by atoms with Crippen molar-refractivity contribution in [1.29, 1.82) is 0 Å². The Morgan fingerprint density at radius 1 is 1.28 bits per heavy atom. The molecule has 1 aromatic carbocycles. The molecule has 0 aliphatic carbocycles. The highest BCUT2D eigenvalue weighted by Crippen LogP contribution is 2.30. The number of methoxy groups -OCH3 is 3. The van der Waals surface area contributed by atoms with E-state index in [1.54, 1.807) is 6.07 Å². The third kappa shape index (κ3) is 3.41. The largest absolute Gasteiger partial charge is 0.497 e. The molecule has 0 saturated heterocycles. The summed E-state index contributed by atoms with van der Waals surface area (Å²) in [5.74, 6) is -0.118. The molecule has 5 heteroatoms. The number of hydrogen-bond acceptors (Lipinski definition) is 4. The predicted molar refractivity (Wildman–Crippen MR) is 64.9 cm³/mol. The van der Waals surface area contributed by atoms with Crippen LogP contribution in [0.5, 0.6) is 5.75 Å². The van der Waals surface area contributed by atoms with Gasteiger partial charge in [0.05, 0.1) is 12.7 Å². The van der Waals surface area contributed by atoms with Crippen LogP contribution in [0.4, 0.5) is 4.39 Å². The van der Waals surface area contributed by atoms with Crippen LogP contribution in [0.25, 0.3) is 0 Å². The fourth-order valence-electron chi connectivity index (χ4n) is 1.76. The highest BCUT2D eigenvalue weighted by Gasteiger charge is 2.30. The molecule has 1 aromatic rings. The van der Waals surface area contributed by atoms with Gasteiger partial charge in [0.2, 0.25) is 0 Å². The minimum Gasteiger partial charge on any atom is -0.497 e. The summed E-state index contributed by atoms with van der Waals surface area (Å²) in [6, 6.07) is 4.33. The number of rotatable bonds is 6. The zero-order chi connectivity index (χ0) is 13.8. The van der Waals surface area contributed by atoms with Crippen molar-refractivity contribution in [2.75, 3.05) is 21.3 Å². The number of benzene rings is 1. The second-order valence-corrected chi connectivity index (χ2v) is 4.22. The Morgan fingerprint density at radius 2 is 1.89 bits per heavy atom. The highest BCUT2D eigenvalue weighted by atomic mass is 19.1. The van der Waals surface area contributed by atoms with Gasteiger partial charge in [-0.3, -0.25) is 0 Å². The van der Waals surface area contributed by atoms with E-state index in [9.17, 15) is 9.50 Å². The molecule has 1 unspecified atom stereocenters. The van der Waals surface area contributed by atoms with Crippen molar-refractivity contribution in [3.8, 4) is 5.75 Å². The number of aliphatic hydroxyl groups is 1. The number of hydrogen-bond donors (Lipinski definition) is 1. The molecular formula is C13H19FO4. The van der Waals surface area contributed by atoms with Crippen LogP contribution in [-0.4, -0.2) is 32.7 Å². The summed E-state index contributed by atoms with van der Waals surface area (Å²) >= 11 is 0. The Bertz CT molecular complexity index is 389. The topological polar surface area (TPSA) is 47.9 Å². The van der Waals surface area contributed by atoms with Gasteiger partial charge in [0.15, 0.2) is 6.29 Å². The first kappa shape index (κ1) is 14.9. The number of halogens is 1. The smallest absolute Gasteiger partial charge is 0.159 e. The summed E-state index contributed by atoms with van der Waals surface area (Å²) in [5.41, 5.74) is -1.20. The molecule has 0 aliphatic rings. The summed E-state index contributed by atoms with van der Waals surface area (Å²) in [6.45, 7) is 1.52. The van der Waals surface area contributed by atoms with E-state index in [0.717, 1.165) is 0 Å². The summed E-state index contributed by atoms with van der Waals surface area (Å²) in [7, 11) is 4.39. The van der Waals surface area contributed by atoms with Gasteiger partial charge in [-0.1, -0.05) is 0 Å². The standard InChI is InChI=1S/C13H19FO4/c1-13(15,8-12(17-3)18-4)10-6-5-9(16-2)7-11(10)14/h5-7,12,15H,8H2,1-4H3. The van der Waals surface area contributed by atoms with Gasteiger partial charge in [-0.2, -0.15) is 0 Å². The van der Waals surface area contributed by atoms with E-state index in [0.29, 0.717) is 5.75 Å². The van der Waals surface area contributed by atoms with Gasteiger partial charge in [0, 0.05) is 32.3 Å². The van der Waals surface area contributed by atoms with Crippen molar-refractivity contribution >= 4 is 0 Å². The van der Waals surface area contributed by atoms with Crippen LogP contribution in [0.15, 0.2) is 18.2 Å². The van der Waals surface area contributed by atoms with Crippen LogP contribution in [0, 0.1) is 5.82 Å². The average molecular weight is 258 g/mol. The minimum absolute atomic E-state index is 0.128. The first-order valence-electron chi connectivity index (χ1n) is 5.56. The van der Waals surface area contributed by atoms with E-state index in [-0.39, 0.29) is 12.0 Å². The lowest BCUT2D eigenvalue weighted by molar-refractivity contribution is -0.142. The van der Waals surface area contributed by atoms with Crippen LogP contribution >= 0.6 is 0 Å². The van der Waals surface area contributed by atoms with Gasteiger partial charge in [-0.05, 0) is 19.1 Å². The molecule has 0 spiro atoms. The maximum absolute atomic E-state index is 13.9. The van der Waals surface area contributed by atoms with E-state index in [1.165, 1.54) is 40.4 Å². The van der Waals surface area contributed by atoms with E-state index in [4.69, 9.17) is 14.2 Å². The van der Waals surface area contributed by atoms with Gasteiger partial charge in [-0.15, -0.1) is 0 Å². The van der Waals surface area contributed by atoms with Crippen molar-refractivity contribution in [3.05, 3.63) is 29.6 Å². The van der Waals surface area contributed by atoms with Crippen molar-refractivity contribution in [2.45, 2.75) is 25.2 Å². The molecule has 1 atom stereocenters. The van der Waals surface area contributed by atoms with Gasteiger partial charge >= 0.3 is 0 Å². The molecule has 0 heterocycles. The molecule has 0 amide bonds. The fraction of sp³-hybridized carbons (Fsp3) is 0.538. The maximum atomic E-state index is 13.9. The van der Waals surface area contributed by atoms with Crippen LogP contribution < -0.4 is 4.74 Å². The van der Waals surface area contributed by atoms with Gasteiger partial charge in [0.25, 0.3) is 0 Å². The molecule has 4 nitrogen and oxygen atoms in total. The van der Waals surface area contributed by atoms with Crippen LogP contribution in [0.1, 0.15) is 18.9 Å². The lowest BCUT2D eigenvalue weighted by atomic mass is 9.91. The lowest BCUT2D eigenvalue weighted by Gasteiger charge is -2.28. The third-order valence-electron chi connectivity index (χ3n) is 2.85. The molecule has 0 bridgehead atoms. The zero-order valence-electron chi connectivity index (χ0n) is 11.1. The summed E-state index contributed by atoms with van der Waals surface area (Å²) in [5, 5.41) is 10.3. The predicted octanol–water partition coefficient (Wildman–Crippen LogP) is 2.05. The Labute approximate surface area is 106 Å². The number of ether oxygens (including phenoxy) is 3. The molecule has 1 rings (SSSR count). The Morgan fingerprint density at radius 3 is 2.33 bits per heavy atom. The fourth-order valence-corrected chi connectivity index (χ4v) is 1.76. The first-order valence-corrected chi connectivity index (χ1v) is 5.56. The molecular weight excluding hydrogens is 239 g/mol. The maximum Gasteiger partial charge on any atom is 0.159 e. The Kier molecular flexibility index (Phi) is 5.07. The highest BCUT2D eigenvalue weighted by molar-refractivity contribution is 5.32. The SMILES string of the molecule is COc1ccc(C(C)(O)CC(OC)OC)c(F)c1. The van der Waals surface area contributed by atoms with Gasteiger partial charge < -0.3 is 19.3 Å². The summed E-state index contributed by atoms with van der Waals surface area (Å²) in [6.07, 6.45) is -0.468. The van der Waals surface area contributed by atoms with Crippen LogP contribution in [-0.2, 0) is 15.1 Å². The van der Waals surface area contributed by atoms with Gasteiger partial charge in [-0.25, -0.2) is 4.39 Å². The summed E-state index contributed by atoms with van der Waals surface area (Å²) < 4.78 is 28.8. The van der Waals surface area contributed by atoms with Gasteiger partial charge in [0.1, 0.15) is 11.6 Å². The molecule has 18 heavy (non-hydrogen) atoms. The summed E-state index contributed by atoms with van der Waals surface area (Å²) in [4.78, 5) is 0. The lowest BCUT2D eigenvalue weighted by Crippen LogP contribution is -2.30. The molecule has 0 aliphatic heterocycles. The van der Waals surface area contributed by atoms with E-state index >= 15 is 0 Å². The second-order valence-electron chi connectivity index (χ2n) is 4.22. The van der Waals surface area contributed by atoms with E-state index in [1.807, 2.05) is 0 Å².